The lowest BCUT2D eigenvalue weighted by molar-refractivity contribution is -0.146. The van der Waals surface area contributed by atoms with Crippen LogP contribution in [0.2, 0.25) is 0 Å². The number of halogens is 1. The molecule has 3 aromatic rings. The molecule has 1 unspecified atom stereocenters. The van der Waals surface area contributed by atoms with Gasteiger partial charge in [0.1, 0.15) is 34.9 Å². The molecule has 0 saturated carbocycles. The summed E-state index contributed by atoms with van der Waals surface area (Å²) >= 11 is 5.28. The molecule has 37 heavy (non-hydrogen) atoms. The van der Waals surface area contributed by atoms with Gasteiger partial charge in [-0.2, -0.15) is 0 Å². The van der Waals surface area contributed by atoms with Crippen molar-refractivity contribution in [2.45, 2.75) is 26.4 Å². The molecular weight excluding hydrogens is 499 g/mol. The van der Waals surface area contributed by atoms with Gasteiger partial charge in [0.05, 0.1) is 14.2 Å². The second-order valence-electron chi connectivity index (χ2n) is 7.62. The van der Waals surface area contributed by atoms with Crippen LogP contribution >= 0.6 is 12.2 Å². The van der Waals surface area contributed by atoms with E-state index in [0.717, 1.165) is 5.56 Å². The largest absolute Gasteiger partial charge is 0.497 e. The topological polar surface area (TPSA) is 96.0 Å². The van der Waals surface area contributed by atoms with Gasteiger partial charge in [-0.1, -0.05) is 48.6 Å². The molecule has 1 N–H and O–H groups in total. The molecule has 0 amide bonds. The van der Waals surface area contributed by atoms with Crippen LogP contribution < -0.4 is 19.5 Å². The van der Waals surface area contributed by atoms with Gasteiger partial charge in [0.2, 0.25) is 5.75 Å². The van der Waals surface area contributed by atoms with Gasteiger partial charge in [0, 0.05) is 31.7 Å². The minimum Gasteiger partial charge on any atom is -0.497 e. The third kappa shape index (κ3) is 10.2. The molecule has 0 aliphatic carbocycles. The highest BCUT2D eigenvalue weighted by atomic mass is 32.1. The Bertz CT molecular complexity index is 1190. The average molecular weight is 529 g/mol. The summed E-state index contributed by atoms with van der Waals surface area (Å²) in [7, 11) is 2.95. The second kappa shape index (κ2) is 15.1. The standard InChI is InChI=1S/C20H22N2O5S.C7H7FO/c1-13(11-15-7-5-4-6-8-15)26-17(24)12-22-20(28)18-19(27-14(2)23)16(25-3)9-10-21-18;1-9-7-4-2-3-6(8)5-7/h4-10,13H,11-12H2,1-3H3,(H,22,28);2-5H,1H3. The zero-order valence-corrected chi connectivity index (χ0v) is 21.8. The number of rotatable bonds is 9. The molecule has 1 aromatic heterocycles. The van der Waals surface area contributed by atoms with Crippen LogP contribution in [0.1, 0.15) is 25.1 Å². The molecule has 1 atom stereocenters. The summed E-state index contributed by atoms with van der Waals surface area (Å²) in [5.41, 5.74) is 1.28. The van der Waals surface area contributed by atoms with Crippen LogP contribution in [0.15, 0.2) is 66.9 Å². The maximum Gasteiger partial charge on any atom is 0.325 e. The first-order valence-electron chi connectivity index (χ1n) is 11.3. The average Bonchev–Trinajstić information content (AvgIpc) is 2.88. The number of pyridine rings is 1. The molecule has 0 bridgehead atoms. The molecule has 0 radical (unpaired) electrons. The van der Waals surface area contributed by atoms with Gasteiger partial charge in [-0.15, -0.1) is 0 Å². The fraction of sp³-hybridized carbons (Fsp3) is 0.259. The number of benzene rings is 2. The molecular formula is C27H29FN2O6S. The van der Waals surface area contributed by atoms with E-state index in [1.165, 1.54) is 39.5 Å². The van der Waals surface area contributed by atoms with Crippen LogP contribution in [0.4, 0.5) is 4.39 Å². The van der Waals surface area contributed by atoms with Gasteiger partial charge in [0.25, 0.3) is 0 Å². The van der Waals surface area contributed by atoms with Gasteiger partial charge in [-0.3, -0.25) is 9.59 Å². The highest BCUT2D eigenvalue weighted by molar-refractivity contribution is 7.80. The van der Waals surface area contributed by atoms with Gasteiger partial charge < -0.3 is 24.3 Å². The molecule has 0 aliphatic rings. The Morgan fingerprint density at radius 3 is 2.38 bits per heavy atom. The molecule has 0 aliphatic heterocycles. The predicted molar refractivity (Wildman–Crippen MR) is 140 cm³/mol. The molecule has 0 spiro atoms. The van der Waals surface area contributed by atoms with Crippen LogP contribution in [0, 0.1) is 5.82 Å². The van der Waals surface area contributed by atoms with E-state index in [4.69, 9.17) is 31.2 Å². The Morgan fingerprint density at radius 1 is 1.05 bits per heavy atom. The van der Waals surface area contributed by atoms with Crippen molar-refractivity contribution in [1.29, 1.82) is 0 Å². The van der Waals surface area contributed by atoms with Crippen molar-refractivity contribution in [2.75, 3.05) is 20.8 Å². The highest BCUT2D eigenvalue weighted by Gasteiger charge is 2.19. The van der Waals surface area contributed by atoms with E-state index in [2.05, 4.69) is 10.3 Å². The van der Waals surface area contributed by atoms with Crippen molar-refractivity contribution < 1.29 is 32.9 Å². The van der Waals surface area contributed by atoms with Crippen molar-refractivity contribution in [3.63, 3.8) is 0 Å². The van der Waals surface area contributed by atoms with Crippen molar-refractivity contribution >= 4 is 29.1 Å². The maximum atomic E-state index is 12.3. The fourth-order valence-corrected chi connectivity index (χ4v) is 3.30. The van der Waals surface area contributed by atoms with E-state index in [0.29, 0.717) is 17.9 Å². The second-order valence-corrected chi connectivity index (χ2v) is 8.03. The third-order valence-electron chi connectivity index (χ3n) is 4.67. The van der Waals surface area contributed by atoms with Crippen molar-refractivity contribution in [2.24, 2.45) is 0 Å². The van der Waals surface area contributed by atoms with E-state index in [-0.39, 0.29) is 34.9 Å². The van der Waals surface area contributed by atoms with Crippen LogP contribution in [0.25, 0.3) is 0 Å². The number of nitrogens with one attached hydrogen (secondary N) is 1. The Morgan fingerprint density at radius 2 is 1.78 bits per heavy atom. The first-order chi connectivity index (χ1) is 17.7. The Balaban J connectivity index is 0.000000449. The minimum atomic E-state index is -0.538. The first kappa shape index (κ1) is 29.2. The number of carbonyl (C=O) groups is 2. The van der Waals surface area contributed by atoms with Gasteiger partial charge in [0.15, 0.2) is 5.75 Å². The number of aromatic nitrogens is 1. The van der Waals surface area contributed by atoms with Crippen molar-refractivity contribution in [3.8, 4) is 17.2 Å². The quantitative estimate of drug-likeness (QED) is 0.322. The van der Waals surface area contributed by atoms with Crippen LogP contribution in [0.3, 0.4) is 0 Å². The van der Waals surface area contributed by atoms with E-state index >= 15 is 0 Å². The number of carbonyl (C=O) groups excluding carboxylic acids is 2. The predicted octanol–water partition coefficient (Wildman–Crippen LogP) is 4.29. The molecule has 0 fully saturated rings. The summed E-state index contributed by atoms with van der Waals surface area (Å²) in [4.78, 5) is 27.7. The number of nitrogens with zero attached hydrogens (tertiary/aromatic N) is 1. The molecule has 0 saturated heterocycles. The molecule has 196 valence electrons. The highest BCUT2D eigenvalue weighted by Crippen LogP contribution is 2.29. The molecule has 10 heteroatoms. The number of ether oxygens (including phenoxy) is 4. The van der Waals surface area contributed by atoms with Gasteiger partial charge in [-0.25, -0.2) is 9.37 Å². The summed E-state index contributed by atoms with van der Waals surface area (Å²) in [5, 5.41) is 2.78. The molecule has 1 heterocycles. The SMILES string of the molecule is COc1cccc(F)c1.COc1ccnc(C(=S)NCC(=O)OC(C)Cc2ccccc2)c1OC(C)=O. The first-order valence-corrected chi connectivity index (χ1v) is 11.7. The summed E-state index contributed by atoms with van der Waals surface area (Å²) in [5.74, 6) is -0.305. The van der Waals surface area contributed by atoms with Crippen molar-refractivity contribution in [1.82, 2.24) is 10.3 Å². The molecule has 3 rings (SSSR count). The van der Waals surface area contributed by atoms with Crippen LogP contribution in [-0.4, -0.2) is 48.8 Å². The van der Waals surface area contributed by atoms with Crippen LogP contribution in [-0.2, 0) is 20.7 Å². The normalized spacial score (nSPS) is 10.7. The lowest BCUT2D eigenvalue weighted by atomic mass is 10.1. The summed E-state index contributed by atoms with van der Waals surface area (Å²) in [6.45, 7) is 2.94. The Labute approximate surface area is 220 Å². The lowest BCUT2D eigenvalue weighted by Crippen LogP contribution is -2.32. The van der Waals surface area contributed by atoms with Gasteiger partial charge >= 0.3 is 11.9 Å². The number of methoxy groups -OCH3 is 2. The third-order valence-corrected chi connectivity index (χ3v) is 5.01. The minimum absolute atomic E-state index is 0.0980. The number of hydrogen-bond acceptors (Lipinski definition) is 8. The smallest absolute Gasteiger partial charge is 0.325 e. The van der Waals surface area contributed by atoms with E-state index in [1.54, 1.807) is 18.2 Å². The van der Waals surface area contributed by atoms with E-state index in [1.807, 2.05) is 37.3 Å². The summed E-state index contributed by atoms with van der Waals surface area (Å²) in [6.07, 6.45) is 1.80. The summed E-state index contributed by atoms with van der Waals surface area (Å²) < 4.78 is 32.7. The van der Waals surface area contributed by atoms with Crippen molar-refractivity contribution in [3.05, 3.63) is 83.9 Å². The Kier molecular flexibility index (Phi) is 11.9. The zero-order chi connectivity index (χ0) is 27.2. The number of esters is 2. The molecule has 8 nitrogen and oxygen atoms in total. The fourth-order valence-electron chi connectivity index (χ4n) is 3.08. The maximum absolute atomic E-state index is 12.3. The Hall–Kier alpha value is -4.05. The molecule has 2 aromatic carbocycles. The van der Waals surface area contributed by atoms with Gasteiger partial charge in [-0.05, 0) is 24.6 Å². The monoisotopic (exact) mass is 528 g/mol. The lowest BCUT2D eigenvalue weighted by Gasteiger charge is -2.15. The number of thiocarbonyl (C=S) groups is 1. The zero-order valence-electron chi connectivity index (χ0n) is 21.0. The van der Waals surface area contributed by atoms with E-state index < -0.39 is 11.9 Å². The summed E-state index contributed by atoms with van der Waals surface area (Å²) in [6, 6.07) is 17.3. The van der Waals surface area contributed by atoms with Crippen LogP contribution in [0.5, 0.6) is 17.2 Å². The number of hydrogen-bond donors (Lipinski definition) is 1. The van der Waals surface area contributed by atoms with E-state index in [9.17, 15) is 14.0 Å².